The number of fused-ring (bicyclic) bond motifs is 1. The maximum absolute atomic E-state index is 13.8. The van der Waals surface area contributed by atoms with Gasteiger partial charge < -0.3 is 5.32 Å². The van der Waals surface area contributed by atoms with E-state index in [9.17, 15) is 19.3 Å². The molecular weight excluding hydrogens is 327 g/mol. The molecule has 3 rings (SSSR count). The Bertz CT molecular complexity index is 747. The Labute approximate surface area is 133 Å². The molecule has 1 aromatic carbocycles. The Balaban J connectivity index is 1.84. The number of thioether (sulfide) groups is 1. The summed E-state index contributed by atoms with van der Waals surface area (Å²) in [6.45, 7) is 0. The van der Waals surface area contributed by atoms with Crippen LogP contribution in [0.1, 0.15) is 15.7 Å². The lowest BCUT2D eigenvalue weighted by molar-refractivity contribution is -0.384. The SMILES string of the molecule is O=C(Nc1cc([N+](=O)[O-])ccc1F)[C@@H]1SCCc2sccc21. The number of nitrogens with zero attached hydrogens (tertiary/aromatic N) is 1. The molecule has 0 bridgehead atoms. The number of benzene rings is 1. The van der Waals surface area contributed by atoms with E-state index < -0.39 is 16.0 Å². The van der Waals surface area contributed by atoms with Crippen LogP contribution in [0.25, 0.3) is 0 Å². The molecule has 1 aliphatic heterocycles. The van der Waals surface area contributed by atoms with Crippen molar-refractivity contribution in [3.63, 3.8) is 0 Å². The maximum Gasteiger partial charge on any atom is 0.271 e. The van der Waals surface area contributed by atoms with Gasteiger partial charge in [0, 0.05) is 17.0 Å². The predicted molar refractivity (Wildman–Crippen MR) is 84.9 cm³/mol. The zero-order chi connectivity index (χ0) is 15.7. The molecule has 5 nitrogen and oxygen atoms in total. The predicted octanol–water partition coefficient (Wildman–Crippen LogP) is 3.76. The Kier molecular flexibility index (Phi) is 4.12. The van der Waals surface area contributed by atoms with Crippen LogP contribution in [0.3, 0.4) is 0 Å². The number of rotatable bonds is 3. The first kappa shape index (κ1) is 15.0. The van der Waals surface area contributed by atoms with Crippen LogP contribution in [0.5, 0.6) is 0 Å². The van der Waals surface area contributed by atoms with Crippen molar-refractivity contribution in [2.75, 3.05) is 11.1 Å². The smallest absolute Gasteiger partial charge is 0.271 e. The first-order valence-corrected chi connectivity index (χ1v) is 8.42. The van der Waals surface area contributed by atoms with Crippen LogP contribution in [0.15, 0.2) is 29.6 Å². The van der Waals surface area contributed by atoms with E-state index in [2.05, 4.69) is 5.32 Å². The molecular formula is C14H11FN2O3S2. The molecule has 0 spiro atoms. The second-order valence-electron chi connectivity index (χ2n) is 4.71. The van der Waals surface area contributed by atoms with Gasteiger partial charge in [0.15, 0.2) is 0 Å². The number of hydrogen-bond acceptors (Lipinski definition) is 5. The third-order valence-corrected chi connectivity index (χ3v) is 5.57. The summed E-state index contributed by atoms with van der Waals surface area (Å²) in [6, 6.07) is 4.99. The van der Waals surface area contributed by atoms with Crippen LogP contribution in [0.4, 0.5) is 15.8 Å². The minimum atomic E-state index is -0.690. The van der Waals surface area contributed by atoms with Crippen LogP contribution in [0.2, 0.25) is 0 Å². The third-order valence-electron chi connectivity index (χ3n) is 3.33. The molecule has 0 fully saturated rings. The van der Waals surface area contributed by atoms with E-state index in [-0.39, 0.29) is 17.3 Å². The largest absolute Gasteiger partial charge is 0.322 e. The molecule has 0 saturated carbocycles. The van der Waals surface area contributed by atoms with Crippen LogP contribution in [-0.4, -0.2) is 16.6 Å². The van der Waals surface area contributed by atoms with Crippen molar-refractivity contribution in [1.82, 2.24) is 0 Å². The van der Waals surface area contributed by atoms with Gasteiger partial charge in [-0.1, -0.05) is 0 Å². The van der Waals surface area contributed by atoms with Crippen molar-refractivity contribution < 1.29 is 14.1 Å². The van der Waals surface area contributed by atoms with E-state index in [1.807, 2.05) is 11.4 Å². The fourth-order valence-electron chi connectivity index (χ4n) is 2.28. The quantitative estimate of drug-likeness (QED) is 0.683. The van der Waals surface area contributed by atoms with Gasteiger partial charge in [-0.25, -0.2) is 4.39 Å². The monoisotopic (exact) mass is 338 g/mol. The summed E-state index contributed by atoms with van der Waals surface area (Å²) in [4.78, 5) is 23.7. The average molecular weight is 338 g/mol. The molecule has 114 valence electrons. The summed E-state index contributed by atoms with van der Waals surface area (Å²) < 4.78 is 13.8. The molecule has 1 atom stereocenters. The molecule has 0 saturated heterocycles. The number of anilines is 1. The van der Waals surface area contributed by atoms with Crippen molar-refractivity contribution in [3.05, 3.63) is 56.0 Å². The highest BCUT2D eigenvalue weighted by Crippen LogP contribution is 2.40. The van der Waals surface area contributed by atoms with Gasteiger partial charge in [-0.05, 0) is 35.2 Å². The molecule has 1 aliphatic rings. The zero-order valence-electron chi connectivity index (χ0n) is 11.2. The van der Waals surface area contributed by atoms with Crippen molar-refractivity contribution in [3.8, 4) is 0 Å². The lowest BCUT2D eigenvalue weighted by atomic mass is 10.1. The van der Waals surface area contributed by atoms with Gasteiger partial charge in [0.25, 0.3) is 5.69 Å². The van der Waals surface area contributed by atoms with Gasteiger partial charge in [0.2, 0.25) is 5.91 Å². The Morgan fingerprint density at radius 2 is 2.23 bits per heavy atom. The lowest BCUT2D eigenvalue weighted by Gasteiger charge is -2.21. The molecule has 0 aliphatic carbocycles. The number of carbonyl (C=O) groups is 1. The molecule has 0 radical (unpaired) electrons. The summed E-state index contributed by atoms with van der Waals surface area (Å²) in [5.41, 5.74) is 0.524. The molecule has 0 unspecified atom stereocenters. The number of nitro benzene ring substituents is 1. The van der Waals surface area contributed by atoms with Crippen LogP contribution < -0.4 is 5.32 Å². The highest BCUT2D eigenvalue weighted by molar-refractivity contribution is 8.00. The molecule has 8 heteroatoms. The van der Waals surface area contributed by atoms with Gasteiger partial charge in [0.1, 0.15) is 11.1 Å². The van der Waals surface area contributed by atoms with Crippen molar-refractivity contribution >= 4 is 40.4 Å². The standard InChI is InChI=1S/C14H11FN2O3S2/c15-10-2-1-8(17(19)20)7-11(10)16-14(18)13-9-3-5-21-12(9)4-6-22-13/h1-3,5,7,13H,4,6H2,(H,16,18)/t13-/m1/s1. The number of halogens is 1. The molecule has 1 aromatic heterocycles. The second kappa shape index (κ2) is 6.05. The Hall–Kier alpha value is -1.93. The van der Waals surface area contributed by atoms with E-state index in [0.29, 0.717) is 0 Å². The molecule has 2 aromatic rings. The van der Waals surface area contributed by atoms with Gasteiger partial charge >= 0.3 is 0 Å². The van der Waals surface area contributed by atoms with Crippen molar-refractivity contribution in [2.45, 2.75) is 11.7 Å². The minimum Gasteiger partial charge on any atom is -0.322 e. The maximum atomic E-state index is 13.8. The first-order valence-electron chi connectivity index (χ1n) is 6.49. The summed E-state index contributed by atoms with van der Waals surface area (Å²) >= 11 is 3.10. The fraction of sp³-hybridized carbons (Fsp3) is 0.214. The first-order chi connectivity index (χ1) is 10.6. The molecule has 1 N–H and O–H groups in total. The number of amides is 1. The molecule has 1 amide bonds. The number of nitrogens with one attached hydrogen (secondary N) is 1. The van der Waals surface area contributed by atoms with E-state index in [0.717, 1.165) is 35.9 Å². The van der Waals surface area contributed by atoms with Gasteiger partial charge in [0.05, 0.1) is 10.6 Å². The molecule has 2 heterocycles. The van der Waals surface area contributed by atoms with Crippen LogP contribution in [-0.2, 0) is 11.2 Å². The summed E-state index contributed by atoms with van der Waals surface area (Å²) in [7, 11) is 0. The topological polar surface area (TPSA) is 72.2 Å². The number of nitro groups is 1. The van der Waals surface area contributed by atoms with Gasteiger partial charge in [-0.3, -0.25) is 14.9 Å². The Morgan fingerprint density at radius 1 is 1.41 bits per heavy atom. The van der Waals surface area contributed by atoms with Crippen LogP contribution in [0, 0.1) is 15.9 Å². The summed E-state index contributed by atoms with van der Waals surface area (Å²) in [5, 5.41) is 14.7. The average Bonchev–Trinajstić information content (AvgIpc) is 2.97. The number of non-ortho nitro benzene ring substituents is 1. The van der Waals surface area contributed by atoms with E-state index in [4.69, 9.17) is 0 Å². The van der Waals surface area contributed by atoms with E-state index in [1.54, 1.807) is 11.3 Å². The number of hydrogen-bond donors (Lipinski definition) is 1. The number of carbonyl (C=O) groups excluding carboxylic acids is 1. The van der Waals surface area contributed by atoms with Crippen molar-refractivity contribution in [2.24, 2.45) is 0 Å². The van der Waals surface area contributed by atoms with Crippen molar-refractivity contribution in [1.29, 1.82) is 0 Å². The Morgan fingerprint density at radius 3 is 3.00 bits per heavy atom. The van der Waals surface area contributed by atoms with Crippen LogP contribution >= 0.6 is 23.1 Å². The van der Waals surface area contributed by atoms with Gasteiger partial charge in [-0.15, -0.1) is 23.1 Å². The molecule has 22 heavy (non-hydrogen) atoms. The zero-order valence-corrected chi connectivity index (χ0v) is 12.9. The van der Waals surface area contributed by atoms with E-state index in [1.165, 1.54) is 16.6 Å². The number of thiophene rings is 1. The normalized spacial score (nSPS) is 16.9. The highest BCUT2D eigenvalue weighted by Gasteiger charge is 2.28. The highest BCUT2D eigenvalue weighted by atomic mass is 32.2. The fourth-order valence-corrected chi connectivity index (χ4v) is 4.58. The number of aryl methyl sites for hydroxylation is 1. The van der Waals surface area contributed by atoms with Gasteiger partial charge in [-0.2, -0.15) is 0 Å². The summed E-state index contributed by atoms with van der Waals surface area (Å²) in [6.07, 6.45) is 0.923. The lowest BCUT2D eigenvalue weighted by Crippen LogP contribution is -2.22. The van der Waals surface area contributed by atoms with E-state index >= 15 is 0 Å². The third kappa shape index (κ3) is 2.84. The minimum absolute atomic E-state index is 0.165. The second-order valence-corrected chi connectivity index (χ2v) is 6.92. The summed E-state index contributed by atoms with van der Waals surface area (Å²) in [5.74, 6) is -0.225.